The fourth-order valence-corrected chi connectivity index (χ4v) is 1.38. The molecule has 4 nitrogen and oxygen atoms in total. The summed E-state index contributed by atoms with van der Waals surface area (Å²) in [5.41, 5.74) is 5.39. The van der Waals surface area contributed by atoms with Crippen molar-refractivity contribution in [3.63, 3.8) is 0 Å². The van der Waals surface area contributed by atoms with Crippen molar-refractivity contribution in [2.75, 3.05) is 14.2 Å². The Morgan fingerprint density at radius 2 is 1.62 bits per heavy atom. The summed E-state index contributed by atoms with van der Waals surface area (Å²) in [6.45, 7) is 0. The highest BCUT2D eigenvalue weighted by Crippen LogP contribution is 2.38. The highest BCUT2D eigenvalue weighted by molar-refractivity contribution is 5.52. The van der Waals surface area contributed by atoms with Crippen molar-refractivity contribution in [2.24, 2.45) is 5.73 Å². The first-order valence-corrected chi connectivity index (χ1v) is 4.49. The minimum absolute atomic E-state index is 0.0396. The van der Waals surface area contributed by atoms with E-state index in [-0.39, 0.29) is 22.8 Å². The number of hydrogen-bond donors (Lipinski definition) is 2. The number of nitrogens with two attached hydrogens (primary N) is 1. The van der Waals surface area contributed by atoms with Crippen molar-refractivity contribution in [3.05, 3.63) is 17.7 Å². The van der Waals surface area contributed by atoms with Crippen LogP contribution in [0.25, 0.3) is 0 Å². The predicted molar refractivity (Wildman–Crippen MR) is 54.1 cm³/mol. The van der Waals surface area contributed by atoms with Gasteiger partial charge in [0.2, 0.25) is 0 Å². The molecule has 3 N–H and O–H groups in total. The molecule has 0 bridgehead atoms. The number of halogens is 2. The van der Waals surface area contributed by atoms with Crippen LogP contribution in [0.5, 0.6) is 17.2 Å². The largest absolute Gasteiger partial charge is 0.508 e. The van der Waals surface area contributed by atoms with Crippen LogP contribution in [-0.2, 0) is 0 Å². The number of ether oxygens (including phenoxy) is 2. The Bertz CT molecular complexity index is 346. The molecule has 1 aromatic carbocycles. The van der Waals surface area contributed by atoms with Crippen LogP contribution in [-0.4, -0.2) is 25.8 Å². The van der Waals surface area contributed by atoms with Gasteiger partial charge in [0.15, 0.2) is 0 Å². The van der Waals surface area contributed by atoms with Gasteiger partial charge < -0.3 is 20.3 Å². The average Bonchev–Trinajstić information content (AvgIpc) is 2.26. The number of alkyl halides is 2. The Labute approximate surface area is 91.6 Å². The zero-order valence-electron chi connectivity index (χ0n) is 8.91. The molecule has 1 rings (SSSR count). The smallest absolute Gasteiger partial charge is 0.257 e. The van der Waals surface area contributed by atoms with E-state index >= 15 is 0 Å². The van der Waals surface area contributed by atoms with Crippen molar-refractivity contribution in [2.45, 2.75) is 12.5 Å². The molecule has 0 saturated carbocycles. The van der Waals surface area contributed by atoms with Crippen molar-refractivity contribution < 1.29 is 23.4 Å². The highest BCUT2D eigenvalue weighted by atomic mass is 19.3. The van der Waals surface area contributed by atoms with Gasteiger partial charge in [0.05, 0.1) is 25.8 Å². The summed E-state index contributed by atoms with van der Waals surface area (Å²) in [5.74, 6) is 0.00761. The summed E-state index contributed by atoms with van der Waals surface area (Å²) < 4.78 is 34.9. The van der Waals surface area contributed by atoms with E-state index in [9.17, 15) is 13.9 Å². The minimum Gasteiger partial charge on any atom is -0.508 e. The van der Waals surface area contributed by atoms with Crippen LogP contribution < -0.4 is 15.2 Å². The summed E-state index contributed by atoms with van der Waals surface area (Å²) in [6.07, 6.45) is -2.74. The Balaban J connectivity index is 3.32. The zero-order valence-corrected chi connectivity index (χ0v) is 8.91. The Hall–Kier alpha value is -1.56. The molecule has 0 saturated heterocycles. The summed E-state index contributed by atoms with van der Waals surface area (Å²) in [4.78, 5) is 0. The van der Waals surface area contributed by atoms with Crippen LogP contribution in [0.4, 0.5) is 8.78 Å². The van der Waals surface area contributed by atoms with Crippen LogP contribution in [0.3, 0.4) is 0 Å². The number of rotatable bonds is 4. The molecule has 16 heavy (non-hydrogen) atoms. The van der Waals surface area contributed by atoms with Crippen LogP contribution in [0.15, 0.2) is 12.1 Å². The second-order valence-corrected chi connectivity index (χ2v) is 3.12. The zero-order chi connectivity index (χ0) is 12.3. The molecule has 0 aliphatic heterocycles. The molecule has 0 unspecified atom stereocenters. The van der Waals surface area contributed by atoms with Gasteiger partial charge in [0.1, 0.15) is 17.2 Å². The quantitative estimate of drug-likeness (QED) is 0.830. The molecule has 0 aliphatic carbocycles. The molecule has 1 atom stereocenters. The third-order valence-corrected chi connectivity index (χ3v) is 2.13. The lowest BCUT2D eigenvalue weighted by Crippen LogP contribution is -2.20. The Kier molecular flexibility index (Phi) is 3.89. The van der Waals surface area contributed by atoms with Crippen molar-refractivity contribution >= 4 is 0 Å². The lowest BCUT2D eigenvalue weighted by Gasteiger charge is -2.18. The van der Waals surface area contributed by atoms with Gasteiger partial charge in [-0.1, -0.05) is 0 Å². The van der Waals surface area contributed by atoms with Gasteiger partial charge in [0, 0.05) is 12.1 Å². The number of methoxy groups -OCH3 is 2. The number of hydrogen-bond acceptors (Lipinski definition) is 4. The number of phenols is 1. The summed E-state index contributed by atoms with van der Waals surface area (Å²) in [6, 6.07) is 0.894. The van der Waals surface area contributed by atoms with E-state index in [0.717, 1.165) is 0 Å². The summed E-state index contributed by atoms with van der Waals surface area (Å²) in [5, 5.41) is 9.31. The Morgan fingerprint density at radius 1 is 1.19 bits per heavy atom. The second kappa shape index (κ2) is 4.98. The number of aromatic hydroxyl groups is 1. The number of phenolic OH excluding ortho intramolecular Hbond substituents is 1. The first-order chi connectivity index (χ1) is 7.51. The second-order valence-electron chi connectivity index (χ2n) is 3.12. The van der Waals surface area contributed by atoms with E-state index in [1.807, 2.05) is 0 Å². The van der Waals surface area contributed by atoms with Gasteiger partial charge in [-0.25, -0.2) is 8.78 Å². The lowest BCUT2D eigenvalue weighted by atomic mass is 10.0. The standard InChI is InChI=1S/C10H13F2NO3/c1-15-6-3-5(14)4-7(16-2)8(6)9(13)10(11)12/h3-4,9-10,14H,13H2,1-2H3/t9-/m0/s1. The van der Waals surface area contributed by atoms with Crippen molar-refractivity contribution in [3.8, 4) is 17.2 Å². The first kappa shape index (κ1) is 12.5. The summed E-state index contributed by atoms with van der Waals surface area (Å²) >= 11 is 0. The van der Waals surface area contributed by atoms with E-state index in [2.05, 4.69) is 0 Å². The molecular weight excluding hydrogens is 220 g/mol. The third-order valence-electron chi connectivity index (χ3n) is 2.13. The van der Waals surface area contributed by atoms with Gasteiger partial charge in [0.25, 0.3) is 6.43 Å². The molecule has 0 heterocycles. The predicted octanol–water partition coefficient (Wildman–Crippen LogP) is 1.67. The first-order valence-electron chi connectivity index (χ1n) is 4.49. The topological polar surface area (TPSA) is 64.7 Å². The van der Waals surface area contributed by atoms with Crippen LogP contribution in [0.1, 0.15) is 11.6 Å². The van der Waals surface area contributed by atoms with Crippen LogP contribution >= 0.6 is 0 Å². The van der Waals surface area contributed by atoms with Crippen LogP contribution in [0.2, 0.25) is 0 Å². The fraction of sp³-hybridized carbons (Fsp3) is 0.400. The van der Waals surface area contributed by atoms with E-state index < -0.39 is 12.5 Å². The van der Waals surface area contributed by atoms with E-state index in [0.29, 0.717) is 0 Å². The number of benzene rings is 1. The molecule has 0 aromatic heterocycles. The molecule has 0 fully saturated rings. The summed E-state index contributed by atoms with van der Waals surface area (Å²) in [7, 11) is 2.60. The van der Waals surface area contributed by atoms with Gasteiger partial charge in [-0.3, -0.25) is 0 Å². The van der Waals surface area contributed by atoms with E-state index in [1.54, 1.807) is 0 Å². The fourth-order valence-electron chi connectivity index (χ4n) is 1.38. The minimum atomic E-state index is -2.74. The average molecular weight is 233 g/mol. The molecule has 0 radical (unpaired) electrons. The Morgan fingerprint density at radius 3 is 1.94 bits per heavy atom. The maximum atomic E-state index is 12.5. The lowest BCUT2D eigenvalue weighted by molar-refractivity contribution is 0.113. The molecule has 0 spiro atoms. The SMILES string of the molecule is COc1cc(O)cc(OC)c1[C@H](N)C(F)F. The van der Waals surface area contributed by atoms with E-state index in [1.165, 1.54) is 26.4 Å². The molecule has 90 valence electrons. The van der Waals surface area contributed by atoms with Crippen molar-refractivity contribution in [1.82, 2.24) is 0 Å². The third kappa shape index (κ3) is 2.33. The van der Waals surface area contributed by atoms with Crippen LogP contribution in [0, 0.1) is 0 Å². The maximum Gasteiger partial charge on any atom is 0.257 e. The van der Waals surface area contributed by atoms with Crippen molar-refractivity contribution in [1.29, 1.82) is 0 Å². The molecule has 0 amide bonds. The molecular formula is C10H13F2NO3. The molecule has 6 heteroatoms. The maximum absolute atomic E-state index is 12.5. The van der Waals surface area contributed by atoms with Gasteiger partial charge in [-0.2, -0.15) is 0 Å². The highest BCUT2D eigenvalue weighted by Gasteiger charge is 2.26. The van der Waals surface area contributed by atoms with E-state index in [4.69, 9.17) is 15.2 Å². The molecule has 0 aliphatic rings. The van der Waals surface area contributed by atoms with Gasteiger partial charge in [-0.15, -0.1) is 0 Å². The van der Waals surface area contributed by atoms with Gasteiger partial charge in [-0.05, 0) is 0 Å². The van der Waals surface area contributed by atoms with Gasteiger partial charge >= 0.3 is 0 Å². The normalized spacial score (nSPS) is 12.6. The monoisotopic (exact) mass is 233 g/mol. The molecule has 1 aromatic rings.